The number of carbonyl (C=O) groups is 2. The number of hydrogen-bond acceptors (Lipinski definition) is 6. The van der Waals surface area contributed by atoms with Crippen LogP contribution in [0.4, 0.5) is 4.39 Å². The average molecular weight is 414 g/mol. The summed E-state index contributed by atoms with van der Waals surface area (Å²) >= 11 is 1.42. The first-order valence-electron chi connectivity index (χ1n) is 8.79. The Bertz CT molecular complexity index is 971. The van der Waals surface area contributed by atoms with Crippen LogP contribution >= 0.6 is 11.3 Å². The van der Waals surface area contributed by atoms with Crippen molar-refractivity contribution in [3.8, 4) is 16.3 Å². The van der Waals surface area contributed by atoms with E-state index in [0.29, 0.717) is 5.69 Å². The quantitative estimate of drug-likeness (QED) is 0.572. The zero-order valence-corrected chi connectivity index (χ0v) is 16.5. The third kappa shape index (κ3) is 6.11. The van der Waals surface area contributed by atoms with Gasteiger partial charge in [-0.25, -0.2) is 9.37 Å². The maximum atomic E-state index is 12.8. The molecule has 0 aliphatic rings. The Kier molecular flexibility index (Phi) is 6.91. The molecule has 3 aromatic rings. The molecule has 1 aromatic heterocycles. The van der Waals surface area contributed by atoms with Crippen LogP contribution in [0.3, 0.4) is 0 Å². The summed E-state index contributed by atoms with van der Waals surface area (Å²) < 4.78 is 23.0. The van der Waals surface area contributed by atoms with Crippen molar-refractivity contribution in [3.05, 3.63) is 71.0 Å². The number of benzene rings is 2. The van der Waals surface area contributed by atoms with Gasteiger partial charge in [0, 0.05) is 17.5 Å². The van der Waals surface area contributed by atoms with Crippen LogP contribution in [-0.2, 0) is 27.3 Å². The summed E-state index contributed by atoms with van der Waals surface area (Å²) in [6.07, 6.45) is -0.0160. The number of ether oxygens (including phenoxy) is 2. The van der Waals surface area contributed by atoms with Crippen LogP contribution in [0.1, 0.15) is 11.3 Å². The minimum absolute atomic E-state index is 0.0160. The van der Waals surface area contributed by atoms with Crippen molar-refractivity contribution < 1.29 is 23.5 Å². The lowest BCUT2D eigenvalue weighted by Gasteiger charge is -2.06. The molecule has 0 unspecified atom stereocenters. The molecular formula is C21H19FN2O4S. The van der Waals surface area contributed by atoms with E-state index in [-0.39, 0.29) is 25.4 Å². The fraction of sp³-hybridized carbons (Fsp3) is 0.190. The molecule has 0 saturated heterocycles. The Morgan fingerprint density at radius 2 is 1.83 bits per heavy atom. The number of aromatic nitrogens is 1. The van der Waals surface area contributed by atoms with E-state index in [1.54, 1.807) is 24.6 Å². The standard InChI is InChI=1S/C21H19FN2O4S/c1-27-18-8-4-15(5-9-18)21-24-17(13-29-21)10-20(26)28-12-19(25)23-11-14-2-6-16(22)7-3-14/h2-9,13H,10-12H2,1H3,(H,23,25). The predicted molar refractivity (Wildman–Crippen MR) is 107 cm³/mol. The second-order valence-electron chi connectivity index (χ2n) is 6.11. The molecule has 8 heteroatoms. The van der Waals surface area contributed by atoms with Crippen molar-refractivity contribution >= 4 is 23.2 Å². The van der Waals surface area contributed by atoms with E-state index < -0.39 is 11.9 Å². The predicted octanol–water partition coefficient (Wildman–Crippen LogP) is 3.36. The van der Waals surface area contributed by atoms with Gasteiger partial charge in [0.25, 0.3) is 5.91 Å². The first-order valence-corrected chi connectivity index (χ1v) is 9.67. The number of esters is 1. The Morgan fingerprint density at radius 3 is 2.52 bits per heavy atom. The Morgan fingerprint density at radius 1 is 1.10 bits per heavy atom. The van der Waals surface area contributed by atoms with E-state index in [1.165, 1.54) is 23.5 Å². The van der Waals surface area contributed by atoms with Crippen molar-refractivity contribution in [1.29, 1.82) is 0 Å². The normalized spacial score (nSPS) is 10.4. The number of methoxy groups -OCH3 is 1. The van der Waals surface area contributed by atoms with E-state index in [0.717, 1.165) is 21.9 Å². The molecule has 0 bridgehead atoms. The summed E-state index contributed by atoms with van der Waals surface area (Å²) in [6.45, 7) is -0.149. The molecule has 3 rings (SSSR count). The monoisotopic (exact) mass is 414 g/mol. The Labute approximate surface area is 171 Å². The van der Waals surface area contributed by atoms with Gasteiger partial charge < -0.3 is 14.8 Å². The van der Waals surface area contributed by atoms with Gasteiger partial charge in [0.15, 0.2) is 6.61 Å². The Hall–Kier alpha value is -3.26. The van der Waals surface area contributed by atoms with Crippen molar-refractivity contribution in [2.75, 3.05) is 13.7 Å². The van der Waals surface area contributed by atoms with Crippen LogP contribution in [0.2, 0.25) is 0 Å². The van der Waals surface area contributed by atoms with Crippen LogP contribution in [0.15, 0.2) is 53.9 Å². The highest BCUT2D eigenvalue weighted by Crippen LogP contribution is 2.25. The number of thiazole rings is 1. The summed E-state index contributed by atoms with van der Waals surface area (Å²) in [5.74, 6) is -0.550. The summed E-state index contributed by atoms with van der Waals surface area (Å²) in [5.41, 5.74) is 2.26. The third-order valence-corrected chi connectivity index (χ3v) is 4.92. The second-order valence-corrected chi connectivity index (χ2v) is 6.97. The lowest BCUT2D eigenvalue weighted by molar-refractivity contribution is -0.147. The van der Waals surface area contributed by atoms with E-state index in [9.17, 15) is 14.0 Å². The van der Waals surface area contributed by atoms with Gasteiger partial charge in [-0.15, -0.1) is 11.3 Å². The molecule has 29 heavy (non-hydrogen) atoms. The average Bonchev–Trinajstić information content (AvgIpc) is 3.20. The molecule has 0 saturated carbocycles. The smallest absolute Gasteiger partial charge is 0.312 e. The van der Waals surface area contributed by atoms with Gasteiger partial charge in [0.05, 0.1) is 19.2 Å². The molecule has 0 aliphatic heterocycles. The van der Waals surface area contributed by atoms with Crippen LogP contribution in [-0.4, -0.2) is 30.6 Å². The maximum absolute atomic E-state index is 12.8. The highest BCUT2D eigenvalue weighted by Gasteiger charge is 2.12. The fourth-order valence-electron chi connectivity index (χ4n) is 2.45. The SMILES string of the molecule is COc1ccc(-c2nc(CC(=O)OCC(=O)NCc3ccc(F)cc3)cs2)cc1. The third-order valence-electron chi connectivity index (χ3n) is 3.98. The molecule has 150 valence electrons. The number of rotatable bonds is 8. The highest BCUT2D eigenvalue weighted by atomic mass is 32.1. The zero-order valence-electron chi connectivity index (χ0n) is 15.7. The van der Waals surface area contributed by atoms with E-state index >= 15 is 0 Å². The van der Waals surface area contributed by atoms with Crippen LogP contribution in [0.25, 0.3) is 10.6 Å². The Balaban J connectivity index is 1.43. The molecule has 1 heterocycles. The van der Waals surface area contributed by atoms with Crippen LogP contribution < -0.4 is 10.1 Å². The van der Waals surface area contributed by atoms with Gasteiger partial charge in [-0.1, -0.05) is 12.1 Å². The number of halogens is 1. The molecule has 0 radical (unpaired) electrons. The molecular weight excluding hydrogens is 395 g/mol. The van der Waals surface area contributed by atoms with Gasteiger partial charge in [0.1, 0.15) is 16.6 Å². The molecule has 6 nitrogen and oxygen atoms in total. The molecule has 0 fully saturated rings. The molecule has 0 atom stereocenters. The van der Waals surface area contributed by atoms with E-state index in [1.807, 2.05) is 24.3 Å². The maximum Gasteiger partial charge on any atom is 0.312 e. The number of nitrogens with zero attached hydrogens (tertiary/aromatic N) is 1. The van der Waals surface area contributed by atoms with Gasteiger partial charge in [-0.2, -0.15) is 0 Å². The topological polar surface area (TPSA) is 77.5 Å². The van der Waals surface area contributed by atoms with Crippen molar-refractivity contribution in [1.82, 2.24) is 10.3 Å². The lowest BCUT2D eigenvalue weighted by atomic mass is 10.2. The highest BCUT2D eigenvalue weighted by molar-refractivity contribution is 7.13. The number of carbonyl (C=O) groups excluding carboxylic acids is 2. The summed E-state index contributed by atoms with van der Waals surface area (Å²) in [6, 6.07) is 13.3. The number of amides is 1. The number of hydrogen-bond donors (Lipinski definition) is 1. The molecule has 0 spiro atoms. The van der Waals surface area contributed by atoms with Crippen molar-refractivity contribution in [2.45, 2.75) is 13.0 Å². The van der Waals surface area contributed by atoms with Gasteiger partial charge in [-0.3, -0.25) is 9.59 Å². The first kappa shape index (κ1) is 20.5. The molecule has 1 amide bonds. The van der Waals surface area contributed by atoms with E-state index in [4.69, 9.17) is 9.47 Å². The minimum Gasteiger partial charge on any atom is -0.497 e. The van der Waals surface area contributed by atoms with Crippen molar-refractivity contribution in [2.24, 2.45) is 0 Å². The van der Waals surface area contributed by atoms with Gasteiger partial charge >= 0.3 is 5.97 Å². The minimum atomic E-state index is -0.534. The number of nitrogens with one attached hydrogen (secondary N) is 1. The van der Waals surface area contributed by atoms with Crippen LogP contribution in [0.5, 0.6) is 5.75 Å². The largest absolute Gasteiger partial charge is 0.497 e. The molecule has 1 N–H and O–H groups in total. The summed E-state index contributed by atoms with van der Waals surface area (Å²) in [7, 11) is 1.60. The second kappa shape index (κ2) is 9.79. The van der Waals surface area contributed by atoms with Crippen molar-refractivity contribution in [3.63, 3.8) is 0 Å². The lowest BCUT2D eigenvalue weighted by Crippen LogP contribution is -2.28. The zero-order chi connectivity index (χ0) is 20.6. The summed E-state index contributed by atoms with van der Waals surface area (Å²) in [5, 5.41) is 5.18. The van der Waals surface area contributed by atoms with Gasteiger partial charge in [-0.05, 0) is 42.0 Å². The first-order chi connectivity index (χ1) is 14.0. The molecule has 0 aliphatic carbocycles. The fourth-order valence-corrected chi connectivity index (χ4v) is 3.28. The van der Waals surface area contributed by atoms with Crippen LogP contribution in [0, 0.1) is 5.82 Å². The molecule has 2 aromatic carbocycles. The van der Waals surface area contributed by atoms with E-state index in [2.05, 4.69) is 10.3 Å². The summed E-state index contributed by atoms with van der Waals surface area (Å²) in [4.78, 5) is 28.2. The van der Waals surface area contributed by atoms with Gasteiger partial charge in [0.2, 0.25) is 0 Å².